The zero-order valence-electron chi connectivity index (χ0n) is 11.8. The number of nitrogens with one attached hydrogen (secondary N) is 1. The average molecular weight is 295 g/mol. The number of amides is 1. The quantitative estimate of drug-likeness (QED) is 0.573. The summed E-state index contributed by atoms with van der Waals surface area (Å²) < 4.78 is 0. The molecule has 8 heteroatoms. The first kappa shape index (κ1) is 16.4. The highest BCUT2D eigenvalue weighted by molar-refractivity contribution is 5.83. The molecule has 0 saturated heterocycles. The minimum absolute atomic E-state index is 0.0913. The van der Waals surface area contributed by atoms with E-state index >= 15 is 0 Å². The van der Waals surface area contributed by atoms with E-state index in [9.17, 15) is 19.7 Å². The maximum atomic E-state index is 11.8. The standard InChI is InChI=1S/C13H17N3O5/c1-9(7-13(18)19)14-12(17)8-15(2)10-5-3-4-6-11(10)16(20)21/h3-6,9H,7-8H2,1-2H3,(H,14,17)(H,18,19). The number of nitro groups is 1. The van der Waals surface area contributed by atoms with Crippen molar-refractivity contribution >= 4 is 23.3 Å². The van der Waals surface area contributed by atoms with Gasteiger partial charge >= 0.3 is 5.97 Å². The van der Waals surface area contributed by atoms with E-state index in [1.807, 2.05) is 0 Å². The van der Waals surface area contributed by atoms with Crippen LogP contribution in [0.3, 0.4) is 0 Å². The molecular weight excluding hydrogens is 278 g/mol. The number of para-hydroxylation sites is 2. The summed E-state index contributed by atoms with van der Waals surface area (Å²) in [6, 6.07) is 5.59. The Hall–Kier alpha value is -2.64. The Bertz CT molecular complexity index is 546. The first-order chi connectivity index (χ1) is 9.81. The second-order valence-corrected chi connectivity index (χ2v) is 4.67. The van der Waals surface area contributed by atoms with Gasteiger partial charge in [-0.15, -0.1) is 0 Å². The Labute approximate surface area is 121 Å². The highest BCUT2D eigenvalue weighted by atomic mass is 16.6. The molecule has 21 heavy (non-hydrogen) atoms. The van der Waals surface area contributed by atoms with Crippen LogP contribution in [0.5, 0.6) is 0 Å². The van der Waals surface area contributed by atoms with Crippen molar-refractivity contribution in [2.24, 2.45) is 0 Å². The fraction of sp³-hybridized carbons (Fsp3) is 0.385. The molecule has 0 spiro atoms. The Balaban J connectivity index is 2.69. The number of nitro benzene ring substituents is 1. The van der Waals surface area contributed by atoms with Gasteiger partial charge in [0.15, 0.2) is 0 Å². The summed E-state index contributed by atoms with van der Waals surface area (Å²) >= 11 is 0. The van der Waals surface area contributed by atoms with E-state index in [4.69, 9.17) is 5.11 Å². The lowest BCUT2D eigenvalue weighted by molar-refractivity contribution is -0.384. The van der Waals surface area contributed by atoms with Crippen LogP contribution < -0.4 is 10.2 Å². The molecule has 2 N–H and O–H groups in total. The number of hydrogen-bond donors (Lipinski definition) is 2. The molecule has 0 bridgehead atoms. The number of likely N-dealkylation sites (N-methyl/N-ethyl adjacent to an activating group) is 1. The van der Waals surface area contributed by atoms with Crippen molar-refractivity contribution in [2.45, 2.75) is 19.4 Å². The summed E-state index contributed by atoms with van der Waals surface area (Å²) in [4.78, 5) is 34.2. The van der Waals surface area contributed by atoms with E-state index < -0.39 is 22.8 Å². The fourth-order valence-corrected chi connectivity index (χ4v) is 1.88. The number of aliphatic carboxylic acids is 1. The van der Waals surface area contributed by atoms with Crippen LogP contribution in [0.1, 0.15) is 13.3 Å². The number of carbonyl (C=O) groups is 2. The Morgan fingerprint density at radius 3 is 2.62 bits per heavy atom. The molecule has 1 atom stereocenters. The van der Waals surface area contributed by atoms with Gasteiger partial charge in [0.2, 0.25) is 5.91 Å². The zero-order chi connectivity index (χ0) is 16.0. The van der Waals surface area contributed by atoms with Crippen molar-refractivity contribution in [3.05, 3.63) is 34.4 Å². The maximum absolute atomic E-state index is 11.8. The SMILES string of the molecule is CC(CC(=O)O)NC(=O)CN(C)c1ccccc1[N+](=O)[O-]. The van der Waals surface area contributed by atoms with E-state index in [0.717, 1.165) is 0 Å². The third-order valence-corrected chi connectivity index (χ3v) is 2.76. The van der Waals surface area contributed by atoms with E-state index in [0.29, 0.717) is 5.69 Å². The first-order valence-corrected chi connectivity index (χ1v) is 6.27. The normalized spacial score (nSPS) is 11.5. The molecular formula is C13H17N3O5. The number of rotatable bonds is 7. The van der Waals surface area contributed by atoms with Crippen LogP contribution in [0.4, 0.5) is 11.4 Å². The third-order valence-electron chi connectivity index (χ3n) is 2.76. The van der Waals surface area contributed by atoms with Crippen molar-refractivity contribution in [1.82, 2.24) is 5.32 Å². The molecule has 0 aliphatic carbocycles. The van der Waals surface area contributed by atoms with Gasteiger partial charge in [0.1, 0.15) is 5.69 Å². The number of carboxylic acid groups (broad SMARTS) is 1. The van der Waals surface area contributed by atoms with Gasteiger partial charge in [-0.3, -0.25) is 19.7 Å². The minimum Gasteiger partial charge on any atom is -0.481 e. The maximum Gasteiger partial charge on any atom is 0.305 e. The van der Waals surface area contributed by atoms with Crippen molar-refractivity contribution in [3.63, 3.8) is 0 Å². The molecule has 0 aliphatic heterocycles. The highest BCUT2D eigenvalue weighted by Crippen LogP contribution is 2.26. The molecule has 1 aromatic rings. The second kappa shape index (κ2) is 7.22. The molecule has 0 heterocycles. The van der Waals surface area contributed by atoms with Crippen LogP contribution in [0.2, 0.25) is 0 Å². The molecule has 0 aliphatic rings. The van der Waals surface area contributed by atoms with Gasteiger partial charge < -0.3 is 15.3 Å². The number of benzene rings is 1. The Morgan fingerprint density at radius 2 is 2.05 bits per heavy atom. The third kappa shape index (κ3) is 5.09. The lowest BCUT2D eigenvalue weighted by atomic mass is 10.2. The van der Waals surface area contributed by atoms with E-state index in [2.05, 4.69) is 5.32 Å². The summed E-state index contributed by atoms with van der Waals surface area (Å²) in [6.45, 7) is 1.48. The molecule has 114 valence electrons. The van der Waals surface area contributed by atoms with Crippen LogP contribution in [0.25, 0.3) is 0 Å². The van der Waals surface area contributed by atoms with Gasteiger partial charge in [-0.25, -0.2) is 0 Å². The molecule has 1 aromatic carbocycles. The fourth-order valence-electron chi connectivity index (χ4n) is 1.88. The summed E-state index contributed by atoms with van der Waals surface area (Å²) in [7, 11) is 1.56. The minimum atomic E-state index is -1.00. The smallest absolute Gasteiger partial charge is 0.305 e. The monoisotopic (exact) mass is 295 g/mol. The van der Waals surface area contributed by atoms with Crippen molar-refractivity contribution in [2.75, 3.05) is 18.5 Å². The van der Waals surface area contributed by atoms with Crippen LogP contribution in [0.15, 0.2) is 24.3 Å². The number of carbonyl (C=O) groups excluding carboxylic acids is 1. The molecule has 0 aromatic heterocycles. The first-order valence-electron chi connectivity index (χ1n) is 6.27. The van der Waals surface area contributed by atoms with Crippen LogP contribution in [-0.4, -0.2) is 41.5 Å². The van der Waals surface area contributed by atoms with Gasteiger partial charge in [-0.2, -0.15) is 0 Å². The van der Waals surface area contributed by atoms with Crippen molar-refractivity contribution in [3.8, 4) is 0 Å². The van der Waals surface area contributed by atoms with Gasteiger partial charge in [0.25, 0.3) is 5.69 Å². The predicted octanol–water partition coefficient (Wildman–Crippen LogP) is 1.01. The predicted molar refractivity (Wildman–Crippen MR) is 76.2 cm³/mol. The molecule has 1 rings (SSSR count). The molecule has 0 radical (unpaired) electrons. The van der Waals surface area contributed by atoms with Gasteiger partial charge in [-0.05, 0) is 13.0 Å². The highest BCUT2D eigenvalue weighted by Gasteiger charge is 2.19. The molecule has 1 amide bonds. The summed E-state index contributed by atoms with van der Waals surface area (Å²) in [5.74, 6) is -1.40. The van der Waals surface area contributed by atoms with E-state index in [1.165, 1.54) is 11.0 Å². The number of nitrogens with zero attached hydrogens (tertiary/aromatic N) is 2. The van der Waals surface area contributed by atoms with Crippen LogP contribution in [0, 0.1) is 10.1 Å². The molecule has 8 nitrogen and oxygen atoms in total. The van der Waals surface area contributed by atoms with Crippen molar-refractivity contribution in [1.29, 1.82) is 0 Å². The van der Waals surface area contributed by atoms with E-state index in [-0.39, 0.29) is 18.7 Å². The van der Waals surface area contributed by atoms with Gasteiger partial charge in [-0.1, -0.05) is 12.1 Å². The van der Waals surface area contributed by atoms with Gasteiger partial charge in [0.05, 0.1) is 17.9 Å². The zero-order valence-corrected chi connectivity index (χ0v) is 11.8. The second-order valence-electron chi connectivity index (χ2n) is 4.67. The van der Waals surface area contributed by atoms with Crippen molar-refractivity contribution < 1.29 is 19.6 Å². The molecule has 0 fully saturated rings. The lowest BCUT2D eigenvalue weighted by Crippen LogP contribution is -2.40. The summed E-state index contributed by atoms with van der Waals surface area (Å²) in [6.07, 6.45) is -0.180. The van der Waals surface area contributed by atoms with Crippen LogP contribution >= 0.6 is 0 Å². The van der Waals surface area contributed by atoms with Crippen LogP contribution in [-0.2, 0) is 9.59 Å². The lowest BCUT2D eigenvalue weighted by Gasteiger charge is -2.20. The van der Waals surface area contributed by atoms with Gasteiger partial charge in [0, 0.05) is 19.2 Å². The average Bonchev–Trinajstić information content (AvgIpc) is 2.37. The molecule has 0 saturated carbocycles. The van der Waals surface area contributed by atoms with E-state index in [1.54, 1.807) is 32.2 Å². The Kier molecular flexibility index (Phi) is 5.65. The topological polar surface area (TPSA) is 113 Å². The number of anilines is 1. The largest absolute Gasteiger partial charge is 0.481 e. The summed E-state index contributed by atoms with van der Waals surface area (Å²) in [5.41, 5.74) is 0.231. The number of carboxylic acids is 1. The Morgan fingerprint density at radius 1 is 1.43 bits per heavy atom. The summed E-state index contributed by atoms with van der Waals surface area (Å²) in [5, 5.41) is 22.1. The number of hydrogen-bond acceptors (Lipinski definition) is 5. The molecule has 1 unspecified atom stereocenters.